The number of hydrogen-bond acceptors (Lipinski definition) is 3. The summed E-state index contributed by atoms with van der Waals surface area (Å²) in [4.78, 5) is 11.8. The van der Waals surface area contributed by atoms with Gasteiger partial charge in [-0.2, -0.15) is 0 Å². The molecule has 0 aromatic heterocycles. The zero-order valence-electron chi connectivity index (χ0n) is 11.1. The van der Waals surface area contributed by atoms with Gasteiger partial charge in [0.05, 0.1) is 17.1 Å². The van der Waals surface area contributed by atoms with Crippen LogP contribution < -0.4 is 15.8 Å². The third-order valence-electron chi connectivity index (χ3n) is 2.73. The van der Waals surface area contributed by atoms with Crippen LogP contribution in [0.3, 0.4) is 0 Å². The minimum atomic E-state index is -0.653. The van der Waals surface area contributed by atoms with Crippen molar-refractivity contribution in [2.45, 2.75) is 0 Å². The number of amides is 1. The highest BCUT2D eigenvalue weighted by Gasteiger charge is 2.14. The SMILES string of the molecule is Nc1ccc(OCCNC(=O)c2c(F)cccc2Cl)cc1. The zero-order chi connectivity index (χ0) is 15.2. The Balaban J connectivity index is 1.83. The fourth-order valence-corrected chi connectivity index (χ4v) is 1.95. The molecule has 0 unspecified atom stereocenters. The van der Waals surface area contributed by atoms with Crippen LogP contribution in [0.2, 0.25) is 5.02 Å². The molecule has 110 valence electrons. The number of halogens is 2. The molecule has 0 spiro atoms. The average Bonchev–Trinajstić information content (AvgIpc) is 2.45. The highest BCUT2D eigenvalue weighted by molar-refractivity contribution is 6.33. The van der Waals surface area contributed by atoms with Crippen LogP contribution in [-0.4, -0.2) is 19.1 Å². The van der Waals surface area contributed by atoms with Gasteiger partial charge >= 0.3 is 0 Å². The summed E-state index contributed by atoms with van der Waals surface area (Å²) in [5.74, 6) is -0.583. The fraction of sp³-hybridized carbons (Fsp3) is 0.133. The number of nitrogens with two attached hydrogens (primary N) is 1. The van der Waals surface area contributed by atoms with E-state index in [0.717, 1.165) is 0 Å². The van der Waals surface area contributed by atoms with E-state index in [1.807, 2.05) is 0 Å². The molecular formula is C15H14ClFN2O2. The Morgan fingerprint density at radius 1 is 1.24 bits per heavy atom. The lowest BCUT2D eigenvalue weighted by Gasteiger charge is -2.09. The van der Waals surface area contributed by atoms with Crippen molar-refractivity contribution in [2.24, 2.45) is 0 Å². The van der Waals surface area contributed by atoms with Crippen molar-refractivity contribution in [1.29, 1.82) is 0 Å². The van der Waals surface area contributed by atoms with Gasteiger partial charge in [0, 0.05) is 5.69 Å². The monoisotopic (exact) mass is 308 g/mol. The van der Waals surface area contributed by atoms with Gasteiger partial charge in [-0.15, -0.1) is 0 Å². The first-order chi connectivity index (χ1) is 10.1. The highest BCUT2D eigenvalue weighted by atomic mass is 35.5. The van der Waals surface area contributed by atoms with Crippen LogP contribution in [0.5, 0.6) is 5.75 Å². The molecule has 0 fully saturated rings. The zero-order valence-corrected chi connectivity index (χ0v) is 11.9. The Labute approximate surface area is 126 Å². The molecule has 0 aliphatic rings. The smallest absolute Gasteiger partial charge is 0.255 e. The van der Waals surface area contributed by atoms with Crippen molar-refractivity contribution in [1.82, 2.24) is 5.32 Å². The van der Waals surface area contributed by atoms with Crippen LogP contribution in [0.15, 0.2) is 42.5 Å². The molecule has 0 radical (unpaired) electrons. The molecule has 3 N–H and O–H groups in total. The molecule has 0 heterocycles. The van der Waals surface area contributed by atoms with Gasteiger partial charge in [-0.25, -0.2) is 4.39 Å². The number of carbonyl (C=O) groups is 1. The van der Waals surface area contributed by atoms with Gasteiger partial charge in [0.2, 0.25) is 0 Å². The van der Waals surface area contributed by atoms with Crippen LogP contribution in [0.25, 0.3) is 0 Å². The Morgan fingerprint density at radius 2 is 1.95 bits per heavy atom. The maximum atomic E-state index is 13.5. The van der Waals surface area contributed by atoms with Gasteiger partial charge in [0.25, 0.3) is 5.91 Å². The summed E-state index contributed by atoms with van der Waals surface area (Å²) in [5.41, 5.74) is 6.04. The Bertz CT molecular complexity index is 612. The van der Waals surface area contributed by atoms with E-state index in [4.69, 9.17) is 22.1 Å². The van der Waals surface area contributed by atoms with Crippen LogP contribution in [0, 0.1) is 5.82 Å². The maximum absolute atomic E-state index is 13.5. The number of nitrogen functional groups attached to an aromatic ring is 1. The summed E-state index contributed by atoms with van der Waals surface area (Å²) in [6.07, 6.45) is 0. The predicted octanol–water partition coefficient (Wildman–Crippen LogP) is 2.87. The number of carbonyl (C=O) groups excluding carboxylic acids is 1. The number of hydrogen-bond donors (Lipinski definition) is 2. The minimum absolute atomic E-state index is 0.0759. The minimum Gasteiger partial charge on any atom is -0.492 e. The quantitative estimate of drug-likeness (QED) is 0.659. The van der Waals surface area contributed by atoms with Gasteiger partial charge in [-0.3, -0.25) is 4.79 Å². The summed E-state index contributed by atoms with van der Waals surface area (Å²) >= 11 is 5.80. The second kappa shape index (κ2) is 6.95. The van der Waals surface area contributed by atoms with Crippen molar-refractivity contribution in [2.75, 3.05) is 18.9 Å². The predicted molar refractivity (Wildman–Crippen MR) is 80.1 cm³/mol. The van der Waals surface area contributed by atoms with Crippen molar-refractivity contribution in [3.8, 4) is 5.75 Å². The largest absolute Gasteiger partial charge is 0.492 e. The number of anilines is 1. The van der Waals surface area contributed by atoms with E-state index in [-0.39, 0.29) is 23.7 Å². The molecular weight excluding hydrogens is 295 g/mol. The van der Waals surface area contributed by atoms with E-state index in [0.29, 0.717) is 11.4 Å². The third-order valence-corrected chi connectivity index (χ3v) is 3.04. The molecule has 0 aliphatic carbocycles. The van der Waals surface area contributed by atoms with Crippen LogP contribution in [-0.2, 0) is 0 Å². The van der Waals surface area contributed by atoms with Gasteiger partial charge in [0.15, 0.2) is 0 Å². The molecule has 2 aromatic carbocycles. The fourth-order valence-electron chi connectivity index (χ4n) is 1.70. The van der Waals surface area contributed by atoms with Gasteiger partial charge in [0.1, 0.15) is 18.2 Å². The van der Waals surface area contributed by atoms with E-state index < -0.39 is 11.7 Å². The first kappa shape index (κ1) is 15.1. The number of rotatable bonds is 5. The van der Waals surface area contributed by atoms with Crippen molar-refractivity contribution in [3.63, 3.8) is 0 Å². The molecule has 1 amide bonds. The average molecular weight is 309 g/mol. The topological polar surface area (TPSA) is 64.3 Å². The molecule has 0 bridgehead atoms. The summed E-state index contributed by atoms with van der Waals surface area (Å²) in [7, 11) is 0. The van der Waals surface area contributed by atoms with Crippen LogP contribution in [0.1, 0.15) is 10.4 Å². The van der Waals surface area contributed by atoms with Crippen molar-refractivity contribution < 1.29 is 13.9 Å². The van der Waals surface area contributed by atoms with Gasteiger partial charge in [-0.05, 0) is 36.4 Å². The lowest BCUT2D eigenvalue weighted by molar-refractivity contribution is 0.0943. The number of benzene rings is 2. The molecule has 6 heteroatoms. The molecule has 0 atom stereocenters. The lowest BCUT2D eigenvalue weighted by atomic mass is 10.2. The summed E-state index contributed by atoms with van der Waals surface area (Å²) in [6, 6.07) is 11.0. The normalized spacial score (nSPS) is 10.2. The summed E-state index contributed by atoms with van der Waals surface area (Å²) in [5, 5.41) is 2.63. The van der Waals surface area contributed by atoms with E-state index in [2.05, 4.69) is 5.32 Å². The van der Waals surface area contributed by atoms with E-state index in [9.17, 15) is 9.18 Å². The first-order valence-electron chi connectivity index (χ1n) is 6.28. The Hall–Kier alpha value is -2.27. The van der Waals surface area contributed by atoms with Crippen molar-refractivity contribution in [3.05, 3.63) is 58.9 Å². The van der Waals surface area contributed by atoms with Crippen molar-refractivity contribution >= 4 is 23.2 Å². The van der Waals surface area contributed by atoms with Gasteiger partial charge in [-0.1, -0.05) is 17.7 Å². The van der Waals surface area contributed by atoms with Gasteiger partial charge < -0.3 is 15.8 Å². The summed E-state index contributed by atoms with van der Waals surface area (Å²) < 4.78 is 18.9. The Kier molecular flexibility index (Phi) is 5.00. The molecule has 0 aliphatic heterocycles. The molecule has 4 nitrogen and oxygen atoms in total. The van der Waals surface area contributed by atoms with Crippen LogP contribution in [0.4, 0.5) is 10.1 Å². The second-order valence-electron chi connectivity index (χ2n) is 4.27. The van der Waals surface area contributed by atoms with Crippen LogP contribution >= 0.6 is 11.6 Å². The molecule has 0 saturated carbocycles. The number of nitrogens with one attached hydrogen (secondary N) is 1. The molecule has 2 rings (SSSR count). The van der Waals surface area contributed by atoms with E-state index in [1.165, 1.54) is 18.2 Å². The maximum Gasteiger partial charge on any atom is 0.255 e. The molecule has 2 aromatic rings. The number of ether oxygens (including phenoxy) is 1. The third kappa shape index (κ3) is 4.10. The highest BCUT2D eigenvalue weighted by Crippen LogP contribution is 2.18. The Morgan fingerprint density at radius 3 is 2.62 bits per heavy atom. The molecule has 21 heavy (non-hydrogen) atoms. The summed E-state index contributed by atoms with van der Waals surface area (Å²) in [6.45, 7) is 0.482. The van der Waals surface area contributed by atoms with E-state index >= 15 is 0 Å². The molecule has 0 saturated heterocycles. The lowest BCUT2D eigenvalue weighted by Crippen LogP contribution is -2.29. The van der Waals surface area contributed by atoms with E-state index in [1.54, 1.807) is 24.3 Å². The first-order valence-corrected chi connectivity index (χ1v) is 6.66. The standard InChI is InChI=1S/C15H14ClFN2O2/c16-12-2-1-3-13(17)14(12)15(20)19-8-9-21-11-6-4-10(18)5-7-11/h1-7H,8-9,18H2,(H,19,20). The second-order valence-corrected chi connectivity index (χ2v) is 4.68.